The summed E-state index contributed by atoms with van der Waals surface area (Å²) >= 11 is 0. The van der Waals surface area contributed by atoms with Crippen LogP contribution in [-0.4, -0.2) is 31.5 Å². The molecule has 0 amide bonds. The maximum atomic E-state index is 6.57. The number of unbranched alkanes of at least 4 members (excludes halogenated alkanes) is 3. The number of nitrogens with zero attached hydrogens (tertiary/aromatic N) is 2. The fourth-order valence-corrected chi connectivity index (χ4v) is 4.87. The van der Waals surface area contributed by atoms with E-state index in [1.807, 2.05) is 36.4 Å². The standard InChI is InChI=1S/C30H34N2O4/c1-4-5-6-7-19-35-24-17-13-22(14-18-24)30-32-27(25-9-8-10-28(34-3)29(25)36-30)20-26(31-32)21-11-15-23(33-2)16-12-21/h8-18,27,30H,4-7,19-20H2,1-3H3. The summed E-state index contributed by atoms with van der Waals surface area (Å²) in [5.74, 6) is 3.24. The maximum Gasteiger partial charge on any atom is 0.214 e. The van der Waals surface area contributed by atoms with Crippen molar-refractivity contribution in [2.45, 2.75) is 51.3 Å². The minimum absolute atomic E-state index is 0.0560. The van der Waals surface area contributed by atoms with Gasteiger partial charge in [0.05, 0.1) is 32.6 Å². The van der Waals surface area contributed by atoms with Crippen molar-refractivity contribution in [3.63, 3.8) is 0 Å². The second-order valence-electron chi connectivity index (χ2n) is 9.20. The van der Waals surface area contributed by atoms with Crippen molar-refractivity contribution >= 4 is 5.71 Å². The summed E-state index contributed by atoms with van der Waals surface area (Å²) in [6, 6.07) is 22.4. The summed E-state index contributed by atoms with van der Waals surface area (Å²) < 4.78 is 23.5. The van der Waals surface area contributed by atoms with E-state index in [4.69, 9.17) is 24.0 Å². The number of benzene rings is 3. The van der Waals surface area contributed by atoms with E-state index in [2.05, 4.69) is 42.3 Å². The molecule has 36 heavy (non-hydrogen) atoms. The summed E-state index contributed by atoms with van der Waals surface area (Å²) in [7, 11) is 3.36. The largest absolute Gasteiger partial charge is 0.497 e. The number of ether oxygens (including phenoxy) is 4. The van der Waals surface area contributed by atoms with Gasteiger partial charge >= 0.3 is 0 Å². The van der Waals surface area contributed by atoms with Gasteiger partial charge in [-0.3, -0.25) is 0 Å². The van der Waals surface area contributed by atoms with Gasteiger partial charge in [-0.15, -0.1) is 0 Å². The fourth-order valence-electron chi connectivity index (χ4n) is 4.87. The number of fused-ring (bicyclic) bond motifs is 3. The molecular formula is C30H34N2O4. The molecule has 2 aliphatic rings. The molecule has 3 aromatic rings. The second-order valence-corrected chi connectivity index (χ2v) is 9.20. The Morgan fingerprint density at radius 3 is 2.39 bits per heavy atom. The second kappa shape index (κ2) is 10.9. The molecule has 0 saturated carbocycles. The van der Waals surface area contributed by atoms with Crippen molar-refractivity contribution in [1.29, 1.82) is 0 Å². The molecule has 188 valence electrons. The molecule has 3 aromatic carbocycles. The Labute approximate surface area is 213 Å². The van der Waals surface area contributed by atoms with Gasteiger partial charge in [-0.1, -0.05) is 38.3 Å². The van der Waals surface area contributed by atoms with Crippen LogP contribution in [0.4, 0.5) is 0 Å². The number of rotatable bonds is 10. The van der Waals surface area contributed by atoms with Crippen LogP contribution in [0.5, 0.6) is 23.0 Å². The summed E-state index contributed by atoms with van der Waals surface area (Å²) in [6.45, 7) is 2.96. The monoisotopic (exact) mass is 486 g/mol. The van der Waals surface area contributed by atoms with E-state index >= 15 is 0 Å². The van der Waals surface area contributed by atoms with Gasteiger partial charge in [0.25, 0.3) is 0 Å². The highest BCUT2D eigenvalue weighted by Gasteiger charge is 2.42. The van der Waals surface area contributed by atoms with Gasteiger partial charge in [0.15, 0.2) is 11.5 Å². The Balaban J connectivity index is 1.42. The maximum absolute atomic E-state index is 6.57. The number of para-hydroxylation sites is 1. The third kappa shape index (κ3) is 4.85. The third-order valence-electron chi connectivity index (χ3n) is 6.86. The van der Waals surface area contributed by atoms with E-state index in [1.165, 1.54) is 19.3 Å². The molecule has 6 heteroatoms. The average Bonchev–Trinajstić information content (AvgIpc) is 3.38. The predicted octanol–water partition coefficient (Wildman–Crippen LogP) is 6.91. The van der Waals surface area contributed by atoms with Gasteiger partial charge in [0.1, 0.15) is 11.5 Å². The lowest BCUT2D eigenvalue weighted by molar-refractivity contribution is -0.0209. The van der Waals surface area contributed by atoms with Crippen LogP contribution < -0.4 is 18.9 Å². The van der Waals surface area contributed by atoms with E-state index in [0.29, 0.717) is 0 Å². The fraction of sp³-hybridized carbons (Fsp3) is 0.367. The van der Waals surface area contributed by atoms with Crippen LogP contribution in [0.25, 0.3) is 0 Å². The van der Waals surface area contributed by atoms with E-state index in [0.717, 1.165) is 64.8 Å². The van der Waals surface area contributed by atoms with Crippen molar-refractivity contribution in [2.24, 2.45) is 5.10 Å². The van der Waals surface area contributed by atoms with Gasteiger partial charge < -0.3 is 18.9 Å². The molecule has 2 heterocycles. The number of hydrazone groups is 1. The highest BCUT2D eigenvalue weighted by atomic mass is 16.5. The van der Waals surface area contributed by atoms with Gasteiger partial charge in [0, 0.05) is 17.5 Å². The Morgan fingerprint density at radius 1 is 0.889 bits per heavy atom. The van der Waals surface area contributed by atoms with Crippen LogP contribution in [0.3, 0.4) is 0 Å². The summed E-state index contributed by atoms with van der Waals surface area (Å²) in [4.78, 5) is 0. The lowest BCUT2D eigenvalue weighted by Crippen LogP contribution is -2.33. The molecule has 0 aliphatic carbocycles. The average molecular weight is 487 g/mol. The first kappa shape index (κ1) is 24.0. The van der Waals surface area contributed by atoms with Crippen LogP contribution in [0.2, 0.25) is 0 Å². The minimum Gasteiger partial charge on any atom is -0.497 e. The van der Waals surface area contributed by atoms with E-state index < -0.39 is 0 Å². The smallest absolute Gasteiger partial charge is 0.214 e. The molecule has 2 aliphatic heterocycles. The van der Waals surface area contributed by atoms with Crippen molar-refractivity contribution in [1.82, 2.24) is 5.01 Å². The molecule has 2 unspecified atom stereocenters. The van der Waals surface area contributed by atoms with E-state index in [-0.39, 0.29) is 12.3 Å². The van der Waals surface area contributed by atoms with Crippen molar-refractivity contribution in [3.8, 4) is 23.0 Å². The Morgan fingerprint density at radius 2 is 1.67 bits per heavy atom. The molecule has 0 radical (unpaired) electrons. The van der Waals surface area contributed by atoms with Gasteiger partial charge in [-0.05, 0) is 66.6 Å². The first-order valence-corrected chi connectivity index (χ1v) is 12.8. The normalized spacial score (nSPS) is 18.1. The van der Waals surface area contributed by atoms with E-state index in [9.17, 15) is 0 Å². The highest BCUT2D eigenvalue weighted by molar-refractivity contribution is 6.02. The van der Waals surface area contributed by atoms with Crippen LogP contribution in [0.15, 0.2) is 71.8 Å². The van der Waals surface area contributed by atoms with E-state index in [1.54, 1.807) is 14.2 Å². The lowest BCUT2D eigenvalue weighted by atomic mass is 9.95. The topological polar surface area (TPSA) is 52.5 Å². The molecule has 6 nitrogen and oxygen atoms in total. The molecule has 0 N–H and O–H groups in total. The van der Waals surface area contributed by atoms with Gasteiger partial charge in [-0.2, -0.15) is 5.10 Å². The molecule has 0 bridgehead atoms. The molecule has 0 spiro atoms. The number of hydrogen-bond donors (Lipinski definition) is 0. The molecule has 0 aromatic heterocycles. The molecular weight excluding hydrogens is 452 g/mol. The van der Waals surface area contributed by atoms with Crippen molar-refractivity contribution < 1.29 is 18.9 Å². The first-order chi connectivity index (χ1) is 17.7. The molecule has 5 rings (SSSR count). The number of hydrogen-bond acceptors (Lipinski definition) is 6. The lowest BCUT2D eigenvalue weighted by Gasteiger charge is -2.38. The van der Waals surface area contributed by atoms with Crippen LogP contribution in [-0.2, 0) is 0 Å². The van der Waals surface area contributed by atoms with Crippen LogP contribution >= 0.6 is 0 Å². The Kier molecular flexibility index (Phi) is 7.31. The van der Waals surface area contributed by atoms with Crippen LogP contribution in [0.1, 0.15) is 68.0 Å². The van der Waals surface area contributed by atoms with Crippen LogP contribution in [0, 0.1) is 0 Å². The van der Waals surface area contributed by atoms with Gasteiger partial charge in [-0.25, -0.2) is 5.01 Å². The SMILES string of the molecule is CCCCCCOc1ccc(C2Oc3c(OC)cccc3C3CC(c4ccc(OC)cc4)=NN32)cc1. The van der Waals surface area contributed by atoms with Gasteiger partial charge in [0.2, 0.25) is 6.23 Å². The highest BCUT2D eigenvalue weighted by Crippen LogP contribution is 2.50. The first-order valence-electron chi connectivity index (χ1n) is 12.8. The van der Waals surface area contributed by atoms with Crippen molar-refractivity contribution in [3.05, 3.63) is 83.4 Å². The quantitative estimate of drug-likeness (QED) is 0.292. The zero-order valence-corrected chi connectivity index (χ0v) is 21.3. The molecule has 0 saturated heterocycles. The van der Waals surface area contributed by atoms with Crippen molar-refractivity contribution in [2.75, 3.05) is 20.8 Å². The molecule has 0 fully saturated rings. The minimum atomic E-state index is -0.367. The third-order valence-corrected chi connectivity index (χ3v) is 6.86. The zero-order chi connectivity index (χ0) is 24.9. The Bertz CT molecular complexity index is 1190. The zero-order valence-electron chi connectivity index (χ0n) is 21.3. The number of methoxy groups -OCH3 is 2. The predicted molar refractivity (Wildman–Crippen MR) is 141 cm³/mol. The summed E-state index contributed by atoms with van der Waals surface area (Å²) in [6.07, 6.45) is 5.18. The Hall–Kier alpha value is -3.67. The summed E-state index contributed by atoms with van der Waals surface area (Å²) in [5, 5.41) is 7.15. The molecule has 2 atom stereocenters. The summed E-state index contributed by atoms with van der Waals surface area (Å²) in [5.41, 5.74) is 4.22.